The lowest BCUT2D eigenvalue weighted by Gasteiger charge is -2.24. The second-order valence-electron chi connectivity index (χ2n) is 3.51. The van der Waals surface area contributed by atoms with Gasteiger partial charge in [0.1, 0.15) is 0 Å². The van der Waals surface area contributed by atoms with Crippen molar-refractivity contribution in [1.82, 2.24) is 0 Å². The fraction of sp³-hybridized carbons (Fsp3) is 1.00. The van der Waals surface area contributed by atoms with E-state index in [-0.39, 0.29) is 0 Å². The maximum atomic E-state index is 5.62. The molecule has 0 saturated carbocycles. The van der Waals surface area contributed by atoms with Crippen LogP contribution in [0.15, 0.2) is 0 Å². The van der Waals surface area contributed by atoms with E-state index in [0.717, 1.165) is 0 Å². The molecule has 0 amide bonds. The standard InChI is InChI=1S/C9H22OSi/c1-5-7-9-11(4,10-3)8-6-2/h5-9H2,1-4H3. The van der Waals surface area contributed by atoms with Crippen LogP contribution >= 0.6 is 0 Å². The minimum atomic E-state index is -1.24. The van der Waals surface area contributed by atoms with Crippen molar-refractivity contribution >= 4 is 8.32 Å². The van der Waals surface area contributed by atoms with Crippen molar-refractivity contribution in [2.75, 3.05) is 7.11 Å². The monoisotopic (exact) mass is 174 g/mol. The molecule has 0 bridgehead atoms. The summed E-state index contributed by atoms with van der Waals surface area (Å²) in [6.45, 7) is 6.85. The van der Waals surface area contributed by atoms with Gasteiger partial charge in [0, 0.05) is 7.11 Å². The van der Waals surface area contributed by atoms with Crippen molar-refractivity contribution in [2.24, 2.45) is 0 Å². The van der Waals surface area contributed by atoms with E-state index in [9.17, 15) is 0 Å². The van der Waals surface area contributed by atoms with Crippen LogP contribution in [0.25, 0.3) is 0 Å². The van der Waals surface area contributed by atoms with Crippen LogP contribution < -0.4 is 0 Å². The zero-order chi connectivity index (χ0) is 8.74. The molecule has 1 atom stereocenters. The number of hydrogen-bond donors (Lipinski definition) is 0. The van der Waals surface area contributed by atoms with Gasteiger partial charge in [-0.2, -0.15) is 0 Å². The van der Waals surface area contributed by atoms with Gasteiger partial charge in [0.2, 0.25) is 0 Å². The Labute approximate surface area is 72.3 Å². The molecule has 1 nitrogen and oxygen atoms in total. The van der Waals surface area contributed by atoms with Gasteiger partial charge < -0.3 is 4.43 Å². The molecular formula is C9H22OSi. The maximum absolute atomic E-state index is 5.62. The zero-order valence-corrected chi connectivity index (χ0v) is 9.44. The fourth-order valence-corrected chi connectivity index (χ4v) is 4.23. The first-order valence-corrected chi connectivity index (χ1v) is 7.56. The van der Waals surface area contributed by atoms with E-state index in [4.69, 9.17) is 4.43 Å². The highest BCUT2D eigenvalue weighted by Gasteiger charge is 2.24. The molecule has 0 aromatic carbocycles. The summed E-state index contributed by atoms with van der Waals surface area (Å²) in [4.78, 5) is 0. The normalized spacial score (nSPS) is 16.4. The molecule has 0 aromatic rings. The first kappa shape index (κ1) is 11.2. The molecule has 1 unspecified atom stereocenters. The number of unbranched alkanes of at least 4 members (excludes halogenated alkanes) is 1. The third kappa shape index (κ3) is 4.59. The molecule has 0 N–H and O–H groups in total. The maximum Gasteiger partial charge on any atom is 0.189 e. The topological polar surface area (TPSA) is 9.23 Å². The summed E-state index contributed by atoms with van der Waals surface area (Å²) in [5.41, 5.74) is 0. The smallest absolute Gasteiger partial charge is 0.189 e. The molecule has 0 heterocycles. The largest absolute Gasteiger partial charge is 0.420 e. The van der Waals surface area contributed by atoms with Gasteiger partial charge in [0.15, 0.2) is 8.32 Å². The van der Waals surface area contributed by atoms with Gasteiger partial charge in [0.05, 0.1) is 0 Å². The summed E-state index contributed by atoms with van der Waals surface area (Å²) in [5, 5.41) is 0. The second kappa shape index (κ2) is 5.78. The number of rotatable bonds is 6. The zero-order valence-electron chi connectivity index (χ0n) is 8.44. The summed E-state index contributed by atoms with van der Waals surface area (Å²) < 4.78 is 5.62. The van der Waals surface area contributed by atoms with Crippen molar-refractivity contribution < 1.29 is 4.43 Å². The van der Waals surface area contributed by atoms with E-state index in [2.05, 4.69) is 20.4 Å². The summed E-state index contributed by atoms with van der Waals surface area (Å²) >= 11 is 0. The molecule has 0 saturated heterocycles. The Morgan fingerprint density at radius 3 is 2.09 bits per heavy atom. The predicted octanol–water partition coefficient (Wildman–Crippen LogP) is 3.42. The van der Waals surface area contributed by atoms with Crippen LogP contribution in [0.2, 0.25) is 18.6 Å². The Morgan fingerprint density at radius 1 is 1.09 bits per heavy atom. The molecule has 0 rings (SSSR count). The van der Waals surface area contributed by atoms with Crippen molar-refractivity contribution in [3.05, 3.63) is 0 Å². The van der Waals surface area contributed by atoms with Crippen LogP contribution in [0.3, 0.4) is 0 Å². The molecule has 2 heteroatoms. The highest BCUT2D eigenvalue weighted by Crippen LogP contribution is 2.20. The van der Waals surface area contributed by atoms with Gasteiger partial charge in [-0.05, 0) is 18.6 Å². The third-order valence-electron chi connectivity index (χ3n) is 2.33. The van der Waals surface area contributed by atoms with Crippen LogP contribution in [-0.2, 0) is 4.43 Å². The lowest BCUT2D eigenvalue weighted by atomic mass is 10.4. The average Bonchev–Trinajstić information content (AvgIpc) is 2.02. The minimum absolute atomic E-state index is 1.24. The molecule has 0 aliphatic carbocycles. The van der Waals surface area contributed by atoms with Crippen molar-refractivity contribution in [3.8, 4) is 0 Å². The third-order valence-corrected chi connectivity index (χ3v) is 6.29. The van der Waals surface area contributed by atoms with E-state index in [1.807, 2.05) is 7.11 Å². The van der Waals surface area contributed by atoms with Gasteiger partial charge in [-0.3, -0.25) is 0 Å². The molecule has 0 fully saturated rings. The quantitative estimate of drug-likeness (QED) is 0.561. The minimum Gasteiger partial charge on any atom is -0.420 e. The predicted molar refractivity (Wildman–Crippen MR) is 53.4 cm³/mol. The Balaban J connectivity index is 3.68. The Bertz CT molecular complexity index is 95.6. The van der Waals surface area contributed by atoms with Crippen LogP contribution in [0, 0.1) is 0 Å². The summed E-state index contributed by atoms with van der Waals surface area (Å²) in [6.07, 6.45) is 3.92. The van der Waals surface area contributed by atoms with E-state index >= 15 is 0 Å². The van der Waals surface area contributed by atoms with Crippen molar-refractivity contribution in [1.29, 1.82) is 0 Å². The highest BCUT2D eigenvalue weighted by molar-refractivity contribution is 6.72. The Hall–Kier alpha value is 0.177. The Morgan fingerprint density at radius 2 is 1.73 bits per heavy atom. The van der Waals surface area contributed by atoms with Gasteiger partial charge in [-0.1, -0.05) is 33.1 Å². The van der Waals surface area contributed by atoms with E-state index in [1.165, 1.54) is 31.4 Å². The fourth-order valence-electron chi connectivity index (χ4n) is 1.41. The first-order chi connectivity index (χ1) is 5.18. The SMILES string of the molecule is CCCC[Si](C)(CCC)OC. The van der Waals surface area contributed by atoms with Crippen molar-refractivity contribution in [3.63, 3.8) is 0 Å². The van der Waals surface area contributed by atoms with Crippen LogP contribution in [-0.4, -0.2) is 15.4 Å². The molecular weight excluding hydrogens is 152 g/mol. The van der Waals surface area contributed by atoms with Gasteiger partial charge in [-0.25, -0.2) is 0 Å². The number of hydrogen-bond acceptors (Lipinski definition) is 1. The second-order valence-corrected chi connectivity index (χ2v) is 7.82. The van der Waals surface area contributed by atoms with Gasteiger partial charge >= 0.3 is 0 Å². The molecule has 68 valence electrons. The molecule has 0 spiro atoms. The average molecular weight is 174 g/mol. The van der Waals surface area contributed by atoms with E-state index in [0.29, 0.717) is 0 Å². The lowest BCUT2D eigenvalue weighted by molar-refractivity contribution is 0.393. The van der Waals surface area contributed by atoms with Crippen LogP contribution in [0.5, 0.6) is 0 Å². The van der Waals surface area contributed by atoms with Crippen LogP contribution in [0.1, 0.15) is 33.1 Å². The van der Waals surface area contributed by atoms with E-state index in [1.54, 1.807) is 0 Å². The molecule has 11 heavy (non-hydrogen) atoms. The molecule has 0 radical (unpaired) electrons. The first-order valence-electron chi connectivity index (χ1n) is 4.73. The highest BCUT2D eigenvalue weighted by atomic mass is 28.4. The van der Waals surface area contributed by atoms with E-state index < -0.39 is 8.32 Å². The van der Waals surface area contributed by atoms with Crippen molar-refractivity contribution in [2.45, 2.75) is 51.7 Å². The van der Waals surface area contributed by atoms with Gasteiger partial charge in [0.25, 0.3) is 0 Å². The summed E-state index contributed by atoms with van der Waals surface area (Å²) in [6, 6.07) is 2.66. The summed E-state index contributed by atoms with van der Waals surface area (Å²) in [5.74, 6) is 0. The molecule has 0 aliphatic heterocycles. The summed E-state index contributed by atoms with van der Waals surface area (Å²) in [7, 11) is 0.642. The molecule has 0 aliphatic rings. The molecule has 0 aromatic heterocycles. The van der Waals surface area contributed by atoms with Crippen LogP contribution in [0.4, 0.5) is 0 Å². The Kier molecular flexibility index (Phi) is 5.87. The van der Waals surface area contributed by atoms with Gasteiger partial charge in [-0.15, -0.1) is 0 Å². The lowest BCUT2D eigenvalue weighted by Crippen LogP contribution is -2.32.